The number of phenols is 1. The van der Waals surface area contributed by atoms with Gasteiger partial charge in [-0.3, -0.25) is 4.79 Å². The number of likely N-dealkylation sites (tertiary alicyclic amines) is 1. The Morgan fingerprint density at radius 2 is 2.00 bits per heavy atom. The average Bonchev–Trinajstić information content (AvgIpc) is 3.50. The van der Waals surface area contributed by atoms with Crippen LogP contribution in [0.25, 0.3) is 0 Å². The molecule has 0 aromatic heterocycles. The van der Waals surface area contributed by atoms with Crippen LogP contribution in [0.1, 0.15) is 80.4 Å². The number of fused-ring (bicyclic) bond motifs is 2. The van der Waals surface area contributed by atoms with Crippen molar-refractivity contribution in [2.75, 3.05) is 19.6 Å². The summed E-state index contributed by atoms with van der Waals surface area (Å²) in [4.78, 5) is 15.0. The van der Waals surface area contributed by atoms with Gasteiger partial charge in [0.2, 0.25) is 5.91 Å². The van der Waals surface area contributed by atoms with E-state index < -0.39 is 0 Å². The van der Waals surface area contributed by atoms with Crippen molar-refractivity contribution in [1.82, 2.24) is 10.2 Å². The molecule has 2 aromatic rings. The molecular formula is C29H38N2O3. The van der Waals surface area contributed by atoms with E-state index in [1.807, 2.05) is 17.0 Å². The van der Waals surface area contributed by atoms with Crippen molar-refractivity contribution in [2.24, 2.45) is 0 Å². The molecule has 0 unspecified atom stereocenters. The number of nitrogens with zero attached hydrogens (tertiary/aromatic N) is 1. The monoisotopic (exact) mass is 462 g/mol. The molecule has 3 heterocycles. The fourth-order valence-electron chi connectivity index (χ4n) is 6.24. The van der Waals surface area contributed by atoms with Gasteiger partial charge in [0.05, 0.1) is 12.2 Å². The molecule has 2 atom stereocenters. The van der Waals surface area contributed by atoms with Gasteiger partial charge in [0.1, 0.15) is 5.75 Å². The molecule has 5 nitrogen and oxygen atoms in total. The third-order valence-corrected chi connectivity index (χ3v) is 8.20. The van der Waals surface area contributed by atoms with E-state index in [2.05, 4.69) is 35.6 Å². The van der Waals surface area contributed by atoms with E-state index in [1.165, 1.54) is 29.5 Å². The largest absolute Gasteiger partial charge is 0.508 e. The van der Waals surface area contributed by atoms with E-state index in [9.17, 15) is 9.90 Å². The van der Waals surface area contributed by atoms with Crippen LogP contribution in [0.15, 0.2) is 48.5 Å². The lowest BCUT2D eigenvalue weighted by Crippen LogP contribution is -2.45. The van der Waals surface area contributed by atoms with Crippen LogP contribution in [0.4, 0.5) is 0 Å². The smallest absolute Gasteiger partial charge is 0.222 e. The highest BCUT2D eigenvalue weighted by atomic mass is 16.5. The normalized spacial score (nSPS) is 22.1. The van der Waals surface area contributed by atoms with E-state index in [0.717, 1.165) is 58.2 Å². The molecule has 2 saturated heterocycles. The van der Waals surface area contributed by atoms with Gasteiger partial charge in [-0.15, -0.1) is 0 Å². The van der Waals surface area contributed by atoms with Crippen molar-refractivity contribution in [3.8, 4) is 5.75 Å². The van der Waals surface area contributed by atoms with Crippen LogP contribution in [0.5, 0.6) is 5.75 Å². The van der Waals surface area contributed by atoms with Gasteiger partial charge >= 0.3 is 0 Å². The van der Waals surface area contributed by atoms with Crippen molar-refractivity contribution in [3.63, 3.8) is 0 Å². The molecule has 0 bridgehead atoms. The minimum absolute atomic E-state index is 0.184. The molecule has 0 aliphatic carbocycles. The molecule has 5 heteroatoms. The first kappa shape index (κ1) is 23.4. The maximum absolute atomic E-state index is 12.9. The van der Waals surface area contributed by atoms with Crippen LogP contribution in [-0.2, 0) is 21.7 Å². The quantitative estimate of drug-likeness (QED) is 0.528. The van der Waals surface area contributed by atoms with Crippen LogP contribution >= 0.6 is 0 Å². The second kappa shape index (κ2) is 10.5. The van der Waals surface area contributed by atoms with Crippen molar-refractivity contribution >= 4 is 5.91 Å². The van der Waals surface area contributed by atoms with Gasteiger partial charge in [-0.2, -0.15) is 0 Å². The highest BCUT2D eigenvalue weighted by Gasteiger charge is 2.43. The maximum atomic E-state index is 12.9. The predicted molar refractivity (Wildman–Crippen MR) is 134 cm³/mol. The Kier molecular flexibility index (Phi) is 7.21. The molecule has 3 aliphatic rings. The molecule has 34 heavy (non-hydrogen) atoms. The summed E-state index contributed by atoms with van der Waals surface area (Å²) in [7, 11) is 0. The van der Waals surface area contributed by atoms with Gasteiger partial charge < -0.3 is 20.1 Å². The summed E-state index contributed by atoms with van der Waals surface area (Å²) in [6.07, 6.45) is 9.01. The first-order valence-electron chi connectivity index (χ1n) is 13.2. The summed E-state index contributed by atoms with van der Waals surface area (Å²) >= 11 is 0. The number of nitrogens with one attached hydrogen (secondary N) is 1. The van der Waals surface area contributed by atoms with E-state index in [4.69, 9.17) is 4.74 Å². The minimum Gasteiger partial charge on any atom is -0.508 e. The van der Waals surface area contributed by atoms with Crippen LogP contribution in [0.2, 0.25) is 0 Å². The summed E-state index contributed by atoms with van der Waals surface area (Å²) in [5.74, 6) is 1.05. The lowest BCUT2D eigenvalue weighted by molar-refractivity contribution is -0.138. The van der Waals surface area contributed by atoms with Crippen molar-refractivity contribution < 1.29 is 14.6 Å². The Labute approximate surface area is 203 Å². The summed E-state index contributed by atoms with van der Waals surface area (Å²) in [6, 6.07) is 16.8. The van der Waals surface area contributed by atoms with E-state index in [1.54, 1.807) is 6.07 Å². The number of carbonyl (C=O) groups is 1. The third kappa shape index (κ3) is 5.16. The third-order valence-electron chi connectivity index (χ3n) is 8.20. The van der Waals surface area contributed by atoms with Crippen LogP contribution < -0.4 is 5.32 Å². The number of piperidine rings is 1. The van der Waals surface area contributed by atoms with Gasteiger partial charge in [-0.25, -0.2) is 0 Å². The van der Waals surface area contributed by atoms with Gasteiger partial charge in [-0.1, -0.05) is 42.8 Å². The molecule has 3 aliphatic heterocycles. The Bertz CT molecular complexity index is 977. The SMILES string of the molecule is O=C(CCCC[C@@H](C[C@@H]1CCCN1)c1cccc(O)c1)N1CCC2(CC1)OCc1ccccc12. The first-order valence-corrected chi connectivity index (χ1v) is 13.2. The van der Waals surface area contributed by atoms with Crippen molar-refractivity contribution in [2.45, 2.75) is 82.0 Å². The highest BCUT2D eigenvalue weighted by Crippen LogP contribution is 2.44. The van der Waals surface area contributed by atoms with Crippen LogP contribution in [-0.4, -0.2) is 41.6 Å². The first-order chi connectivity index (χ1) is 16.6. The fourth-order valence-corrected chi connectivity index (χ4v) is 6.24. The second-order valence-corrected chi connectivity index (χ2v) is 10.4. The maximum Gasteiger partial charge on any atom is 0.222 e. The molecule has 182 valence electrons. The van der Waals surface area contributed by atoms with Crippen LogP contribution in [0, 0.1) is 0 Å². The topological polar surface area (TPSA) is 61.8 Å². The zero-order chi connectivity index (χ0) is 23.4. The number of rotatable bonds is 8. The van der Waals surface area contributed by atoms with Gasteiger partial charge in [0.15, 0.2) is 0 Å². The average molecular weight is 463 g/mol. The lowest BCUT2D eigenvalue weighted by Gasteiger charge is -2.39. The Hall–Kier alpha value is -2.37. The summed E-state index contributed by atoms with van der Waals surface area (Å²) < 4.78 is 6.25. The molecule has 0 saturated carbocycles. The summed E-state index contributed by atoms with van der Waals surface area (Å²) in [5, 5.41) is 13.6. The van der Waals surface area contributed by atoms with Gasteiger partial charge in [0, 0.05) is 25.6 Å². The van der Waals surface area contributed by atoms with E-state index in [0.29, 0.717) is 30.7 Å². The highest BCUT2D eigenvalue weighted by molar-refractivity contribution is 5.76. The molecule has 2 fully saturated rings. The number of carbonyl (C=O) groups excluding carboxylic acids is 1. The predicted octanol–water partition coefficient (Wildman–Crippen LogP) is 5.23. The number of hydrogen-bond donors (Lipinski definition) is 2. The molecule has 2 aromatic carbocycles. The van der Waals surface area contributed by atoms with Crippen LogP contribution in [0.3, 0.4) is 0 Å². The van der Waals surface area contributed by atoms with Crippen molar-refractivity contribution in [3.05, 3.63) is 65.2 Å². The minimum atomic E-state index is -0.184. The number of benzene rings is 2. The molecule has 1 spiro atoms. The molecule has 0 radical (unpaired) electrons. The lowest BCUT2D eigenvalue weighted by atomic mass is 9.83. The molecule has 2 N–H and O–H groups in total. The summed E-state index contributed by atoms with van der Waals surface area (Å²) in [5.41, 5.74) is 3.67. The fraction of sp³-hybridized carbons (Fsp3) is 0.552. The number of phenolic OH excluding ortho intramolecular Hbond substituents is 1. The number of unbranched alkanes of at least 4 members (excludes halogenated alkanes) is 1. The van der Waals surface area contributed by atoms with Gasteiger partial charge in [-0.05, 0) is 86.2 Å². The molecule has 5 rings (SSSR count). The Morgan fingerprint density at radius 1 is 1.15 bits per heavy atom. The second-order valence-electron chi connectivity index (χ2n) is 10.4. The number of ether oxygens (including phenoxy) is 1. The Morgan fingerprint density at radius 3 is 2.79 bits per heavy atom. The van der Waals surface area contributed by atoms with E-state index in [-0.39, 0.29) is 11.5 Å². The zero-order valence-corrected chi connectivity index (χ0v) is 20.2. The van der Waals surface area contributed by atoms with Crippen molar-refractivity contribution in [1.29, 1.82) is 0 Å². The summed E-state index contributed by atoms with van der Waals surface area (Å²) in [6.45, 7) is 3.37. The standard InChI is InChI=1S/C29H38N2O3/c32-26-11-5-9-23(20-26)22(19-25-10-6-16-30-25)7-2-4-13-28(33)31-17-14-29(15-18-31)27-12-3-1-8-24(27)21-34-29/h1,3,5,8-9,11-12,20,22,25,30,32H,2,4,6-7,10,13-19,21H2/t22-,25-/m0/s1. The molecular weight excluding hydrogens is 424 g/mol. The zero-order valence-electron chi connectivity index (χ0n) is 20.2. The van der Waals surface area contributed by atoms with Gasteiger partial charge in [0.25, 0.3) is 0 Å². The number of aromatic hydroxyl groups is 1. The molecule has 1 amide bonds. The van der Waals surface area contributed by atoms with E-state index >= 15 is 0 Å². The number of amides is 1. The number of hydrogen-bond acceptors (Lipinski definition) is 4. The Balaban J connectivity index is 1.09.